The average molecular weight is 265 g/mol. The van der Waals surface area contributed by atoms with Crippen molar-refractivity contribution in [1.29, 1.82) is 0 Å². The van der Waals surface area contributed by atoms with Crippen LogP contribution >= 0.6 is 0 Å². The van der Waals surface area contributed by atoms with E-state index in [9.17, 15) is 8.78 Å². The Morgan fingerprint density at radius 1 is 1.16 bits per heavy atom. The van der Waals surface area contributed by atoms with Crippen LogP contribution in [-0.4, -0.2) is 13.6 Å². The second-order valence-electron chi connectivity index (χ2n) is 6.50. The van der Waals surface area contributed by atoms with Crippen molar-refractivity contribution in [3.8, 4) is 0 Å². The normalized spacial score (nSPS) is 23.5. The van der Waals surface area contributed by atoms with Gasteiger partial charge in [0.15, 0.2) is 0 Å². The highest BCUT2D eigenvalue weighted by Crippen LogP contribution is 2.62. The molecule has 0 atom stereocenters. The minimum atomic E-state index is -0.490. The van der Waals surface area contributed by atoms with Gasteiger partial charge < -0.3 is 5.32 Å². The van der Waals surface area contributed by atoms with Gasteiger partial charge in [0.1, 0.15) is 11.6 Å². The van der Waals surface area contributed by atoms with Crippen molar-refractivity contribution in [1.82, 2.24) is 5.32 Å². The first-order chi connectivity index (χ1) is 9.09. The number of likely N-dealkylation sites (N-methyl/N-ethyl adjacent to an activating group) is 1. The van der Waals surface area contributed by atoms with Crippen LogP contribution in [0.4, 0.5) is 8.78 Å². The summed E-state index contributed by atoms with van der Waals surface area (Å²) in [5.74, 6) is -0.876. The largest absolute Gasteiger partial charge is 0.319 e. The molecule has 2 aliphatic carbocycles. The second-order valence-corrected chi connectivity index (χ2v) is 6.50. The van der Waals surface area contributed by atoms with E-state index in [2.05, 4.69) is 5.32 Å². The van der Waals surface area contributed by atoms with Crippen molar-refractivity contribution in [3.05, 3.63) is 35.4 Å². The van der Waals surface area contributed by atoms with Crippen LogP contribution < -0.4 is 5.32 Å². The molecule has 0 radical (unpaired) electrons. The van der Waals surface area contributed by atoms with Crippen molar-refractivity contribution in [2.75, 3.05) is 13.6 Å². The molecule has 2 fully saturated rings. The number of nitrogens with one attached hydrogen (secondary N) is 1. The standard InChI is InChI=1S/C16H21F2N/c1-19-11-16(9-15(10-16)6-2-3-7-15)13-5-4-12(17)8-14(13)18/h4-5,8,19H,2-3,6-7,9-11H2,1H3. The monoisotopic (exact) mass is 265 g/mol. The van der Waals surface area contributed by atoms with E-state index in [0.29, 0.717) is 11.0 Å². The number of rotatable bonds is 3. The van der Waals surface area contributed by atoms with Crippen LogP contribution in [0.25, 0.3) is 0 Å². The predicted octanol–water partition coefficient (Wildman–Crippen LogP) is 3.78. The topological polar surface area (TPSA) is 12.0 Å². The van der Waals surface area contributed by atoms with Gasteiger partial charge in [-0.2, -0.15) is 0 Å². The average Bonchev–Trinajstić information content (AvgIpc) is 2.77. The Hall–Kier alpha value is -0.960. The fourth-order valence-corrected chi connectivity index (χ4v) is 4.53. The molecule has 0 aliphatic heterocycles. The molecule has 0 aromatic heterocycles. The molecule has 2 aliphatic rings. The molecule has 3 heteroatoms. The highest BCUT2D eigenvalue weighted by molar-refractivity contribution is 5.33. The SMILES string of the molecule is CNCC1(c2ccc(F)cc2F)CC2(CCCC2)C1. The molecule has 2 saturated carbocycles. The Bertz CT molecular complexity index is 470. The molecule has 3 rings (SSSR count). The molecule has 1 aromatic carbocycles. The Morgan fingerprint density at radius 3 is 2.42 bits per heavy atom. The highest BCUT2D eigenvalue weighted by atomic mass is 19.1. The summed E-state index contributed by atoms with van der Waals surface area (Å²) in [7, 11) is 1.91. The number of hydrogen-bond acceptors (Lipinski definition) is 1. The van der Waals surface area contributed by atoms with E-state index in [1.54, 1.807) is 6.07 Å². The quantitative estimate of drug-likeness (QED) is 0.877. The highest BCUT2D eigenvalue weighted by Gasteiger charge is 2.56. The first-order valence-corrected chi connectivity index (χ1v) is 7.19. The van der Waals surface area contributed by atoms with Gasteiger partial charge in [-0.15, -0.1) is 0 Å². The van der Waals surface area contributed by atoms with Crippen molar-refractivity contribution < 1.29 is 8.78 Å². The van der Waals surface area contributed by atoms with Gasteiger partial charge in [-0.1, -0.05) is 18.9 Å². The zero-order valence-corrected chi connectivity index (χ0v) is 11.4. The van der Waals surface area contributed by atoms with Crippen LogP contribution in [0, 0.1) is 17.0 Å². The van der Waals surface area contributed by atoms with E-state index >= 15 is 0 Å². The summed E-state index contributed by atoms with van der Waals surface area (Å²) < 4.78 is 27.2. The van der Waals surface area contributed by atoms with E-state index in [1.165, 1.54) is 31.7 Å². The Morgan fingerprint density at radius 2 is 1.84 bits per heavy atom. The van der Waals surface area contributed by atoms with Crippen molar-refractivity contribution in [2.24, 2.45) is 5.41 Å². The molecular weight excluding hydrogens is 244 g/mol. The number of halogens is 2. The lowest BCUT2D eigenvalue weighted by Gasteiger charge is -2.56. The van der Waals surface area contributed by atoms with E-state index in [0.717, 1.165) is 25.5 Å². The molecule has 1 spiro atoms. The van der Waals surface area contributed by atoms with Gasteiger partial charge in [-0.25, -0.2) is 8.78 Å². The van der Waals surface area contributed by atoms with E-state index in [4.69, 9.17) is 0 Å². The third kappa shape index (κ3) is 2.08. The van der Waals surface area contributed by atoms with Crippen LogP contribution in [0.5, 0.6) is 0 Å². The van der Waals surface area contributed by atoms with Crippen molar-refractivity contribution in [2.45, 2.75) is 43.9 Å². The number of hydrogen-bond donors (Lipinski definition) is 1. The summed E-state index contributed by atoms with van der Waals surface area (Å²) in [5.41, 5.74) is 1.01. The van der Waals surface area contributed by atoms with E-state index < -0.39 is 5.82 Å². The molecule has 0 saturated heterocycles. The first-order valence-electron chi connectivity index (χ1n) is 7.19. The van der Waals surface area contributed by atoms with Gasteiger partial charge in [-0.3, -0.25) is 0 Å². The summed E-state index contributed by atoms with van der Waals surface area (Å²) in [5, 5.41) is 3.20. The summed E-state index contributed by atoms with van der Waals surface area (Å²) in [6.07, 6.45) is 7.26. The Labute approximate surface area is 113 Å². The maximum Gasteiger partial charge on any atom is 0.129 e. The molecule has 0 amide bonds. The maximum atomic E-state index is 14.1. The number of benzene rings is 1. The summed E-state index contributed by atoms with van der Waals surface area (Å²) in [6.45, 7) is 0.775. The zero-order chi connectivity index (χ0) is 13.5. The molecular formula is C16H21F2N. The van der Waals surface area contributed by atoms with E-state index in [-0.39, 0.29) is 11.2 Å². The van der Waals surface area contributed by atoms with Crippen molar-refractivity contribution >= 4 is 0 Å². The van der Waals surface area contributed by atoms with Crippen LogP contribution in [0.3, 0.4) is 0 Å². The summed E-state index contributed by atoms with van der Waals surface area (Å²) in [4.78, 5) is 0. The molecule has 0 unspecified atom stereocenters. The van der Waals surface area contributed by atoms with Gasteiger partial charge in [0.2, 0.25) is 0 Å². The Balaban J connectivity index is 1.90. The molecule has 104 valence electrons. The molecule has 0 heterocycles. The lowest BCUT2D eigenvalue weighted by Crippen LogP contribution is -2.53. The molecule has 19 heavy (non-hydrogen) atoms. The predicted molar refractivity (Wildman–Crippen MR) is 72.1 cm³/mol. The van der Waals surface area contributed by atoms with Crippen LogP contribution in [-0.2, 0) is 5.41 Å². The summed E-state index contributed by atoms with van der Waals surface area (Å²) >= 11 is 0. The van der Waals surface area contributed by atoms with Gasteiger partial charge >= 0.3 is 0 Å². The lowest BCUT2D eigenvalue weighted by molar-refractivity contribution is 0.0258. The van der Waals surface area contributed by atoms with Gasteiger partial charge in [-0.05, 0) is 49.8 Å². The second kappa shape index (κ2) is 4.55. The fraction of sp³-hybridized carbons (Fsp3) is 0.625. The van der Waals surface area contributed by atoms with Gasteiger partial charge in [0, 0.05) is 18.0 Å². The zero-order valence-electron chi connectivity index (χ0n) is 11.4. The van der Waals surface area contributed by atoms with Crippen LogP contribution in [0.1, 0.15) is 44.1 Å². The minimum absolute atomic E-state index is 0.128. The third-order valence-corrected chi connectivity index (χ3v) is 5.11. The van der Waals surface area contributed by atoms with Crippen LogP contribution in [0.15, 0.2) is 18.2 Å². The summed E-state index contributed by atoms with van der Waals surface area (Å²) in [6, 6.07) is 4.05. The van der Waals surface area contributed by atoms with Crippen LogP contribution in [0.2, 0.25) is 0 Å². The van der Waals surface area contributed by atoms with Gasteiger partial charge in [0.05, 0.1) is 0 Å². The van der Waals surface area contributed by atoms with E-state index in [1.807, 2.05) is 7.05 Å². The minimum Gasteiger partial charge on any atom is -0.319 e. The molecule has 0 bridgehead atoms. The van der Waals surface area contributed by atoms with Gasteiger partial charge in [0.25, 0.3) is 0 Å². The molecule has 1 aromatic rings. The Kier molecular flexibility index (Phi) is 3.12. The van der Waals surface area contributed by atoms with Crippen molar-refractivity contribution in [3.63, 3.8) is 0 Å². The molecule has 1 nitrogen and oxygen atoms in total. The molecule has 1 N–H and O–H groups in total. The first kappa shape index (κ1) is 13.0. The maximum absolute atomic E-state index is 14.1. The lowest BCUT2D eigenvalue weighted by atomic mass is 9.49. The smallest absolute Gasteiger partial charge is 0.129 e. The third-order valence-electron chi connectivity index (χ3n) is 5.11. The fourth-order valence-electron chi connectivity index (χ4n) is 4.53.